The molecule has 3 aromatic rings. The summed E-state index contributed by atoms with van der Waals surface area (Å²) >= 11 is 0. The lowest BCUT2D eigenvalue weighted by Gasteiger charge is -2.11. The first-order valence-electron chi connectivity index (χ1n) is 9.23. The summed E-state index contributed by atoms with van der Waals surface area (Å²) in [6.45, 7) is 8.74. The lowest BCUT2D eigenvalue weighted by Crippen LogP contribution is -1.90. The minimum Gasteiger partial charge on any atom is -0.497 e. The van der Waals surface area contributed by atoms with E-state index in [2.05, 4.69) is 69.3 Å². The number of rotatable bonds is 4. The first-order chi connectivity index (χ1) is 13.5. The third-order valence-electron chi connectivity index (χ3n) is 4.34. The van der Waals surface area contributed by atoms with E-state index in [1.807, 2.05) is 31.1 Å². The van der Waals surface area contributed by atoms with Gasteiger partial charge < -0.3 is 14.6 Å². The molecule has 0 bridgehead atoms. The summed E-state index contributed by atoms with van der Waals surface area (Å²) in [4.78, 5) is 8.00. The second-order valence-corrected chi connectivity index (χ2v) is 6.60. The van der Waals surface area contributed by atoms with Gasteiger partial charge in [-0.3, -0.25) is 0 Å². The Bertz CT molecular complexity index is 786. The van der Waals surface area contributed by atoms with Crippen molar-refractivity contribution in [3.05, 3.63) is 89.5 Å². The number of carbonyl (C=O) groups is 1. The Labute approximate surface area is 168 Å². The van der Waals surface area contributed by atoms with Gasteiger partial charge in [-0.05, 0) is 52.8 Å². The molecule has 0 aliphatic rings. The molecule has 0 saturated heterocycles. The van der Waals surface area contributed by atoms with Gasteiger partial charge in [-0.15, -0.1) is 0 Å². The fourth-order valence-electron chi connectivity index (χ4n) is 2.72. The molecule has 0 unspecified atom stereocenters. The Morgan fingerprint density at radius 2 is 1.54 bits per heavy atom. The Morgan fingerprint density at radius 3 is 2.00 bits per heavy atom. The molecule has 0 aliphatic carbocycles. The minimum atomic E-state index is 0.0873. The lowest BCUT2D eigenvalue weighted by atomic mass is 9.94. The average molecular weight is 379 g/mol. The summed E-state index contributed by atoms with van der Waals surface area (Å²) in [5.41, 5.74) is 6.32. The molecule has 0 fully saturated rings. The van der Waals surface area contributed by atoms with E-state index in [1.165, 1.54) is 22.3 Å². The van der Waals surface area contributed by atoms with Crippen LogP contribution in [-0.4, -0.2) is 19.0 Å². The smallest absolute Gasteiger partial charge is 0.118 e. The predicted octanol–water partition coefficient (Wildman–Crippen LogP) is 5.79. The van der Waals surface area contributed by atoms with Crippen LogP contribution in [0.4, 0.5) is 0 Å². The van der Waals surface area contributed by atoms with Crippen molar-refractivity contribution in [3.63, 3.8) is 0 Å². The SMILES string of the molecule is C=O.COc1ccc(CO)cc1.Cc1cc(C(C)C)ccc1-c1ccccc1. The first kappa shape index (κ1) is 23.1. The Morgan fingerprint density at radius 1 is 0.929 bits per heavy atom. The van der Waals surface area contributed by atoms with Crippen LogP contribution >= 0.6 is 0 Å². The van der Waals surface area contributed by atoms with Gasteiger partial charge in [0.1, 0.15) is 12.5 Å². The maximum atomic E-state index is 8.66. The standard InChI is InChI=1S/C16H18.C8H10O2.CH2O/c1-12(2)15-9-10-16(13(3)11-15)14-7-5-4-6-8-14;1-10-8-4-2-7(6-9)3-5-8;1-2/h4-12H,1-3H3;2-5,9H,6H2,1H3;1H2. The van der Waals surface area contributed by atoms with Crippen LogP contribution < -0.4 is 4.74 Å². The van der Waals surface area contributed by atoms with Crippen molar-refractivity contribution >= 4 is 6.79 Å². The monoisotopic (exact) mass is 378 g/mol. The van der Waals surface area contributed by atoms with Crippen LogP contribution in [0.2, 0.25) is 0 Å². The molecule has 0 spiro atoms. The molecule has 0 atom stereocenters. The van der Waals surface area contributed by atoms with Crippen molar-refractivity contribution in [2.75, 3.05) is 7.11 Å². The number of carbonyl (C=O) groups excluding carboxylic acids is 1. The number of aliphatic hydroxyl groups is 1. The average Bonchev–Trinajstić information content (AvgIpc) is 2.76. The van der Waals surface area contributed by atoms with Crippen molar-refractivity contribution < 1.29 is 14.6 Å². The topological polar surface area (TPSA) is 46.5 Å². The second-order valence-electron chi connectivity index (χ2n) is 6.60. The molecule has 0 saturated carbocycles. The number of benzene rings is 3. The molecule has 3 nitrogen and oxygen atoms in total. The molecule has 3 aromatic carbocycles. The molecular weight excluding hydrogens is 348 g/mol. The highest BCUT2D eigenvalue weighted by atomic mass is 16.5. The van der Waals surface area contributed by atoms with Crippen LogP contribution in [-0.2, 0) is 11.4 Å². The van der Waals surface area contributed by atoms with Crippen LogP contribution in [0.3, 0.4) is 0 Å². The number of hydrogen-bond donors (Lipinski definition) is 1. The molecule has 3 heteroatoms. The van der Waals surface area contributed by atoms with Crippen LogP contribution in [0, 0.1) is 6.92 Å². The van der Waals surface area contributed by atoms with E-state index in [4.69, 9.17) is 14.6 Å². The Kier molecular flexibility index (Phi) is 10.3. The maximum Gasteiger partial charge on any atom is 0.118 e. The van der Waals surface area contributed by atoms with Crippen molar-refractivity contribution in [1.29, 1.82) is 0 Å². The summed E-state index contributed by atoms with van der Waals surface area (Å²) in [5.74, 6) is 1.42. The predicted molar refractivity (Wildman–Crippen MR) is 117 cm³/mol. The molecule has 0 heterocycles. The van der Waals surface area contributed by atoms with Crippen LogP contribution in [0.5, 0.6) is 5.75 Å². The molecule has 3 rings (SSSR count). The maximum absolute atomic E-state index is 8.66. The van der Waals surface area contributed by atoms with Gasteiger partial charge in [-0.2, -0.15) is 0 Å². The first-order valence-corrected chi connectivity index (χ1v) is 9.23. The Hall–Kier alpha value is -2.91. The molecule has 28 heavy (non-hydrogen) atoms. The van der Waals surface area contributed by atoms with Crippen molar-refractivity contribution in [2.24, 2.45) is 0 Å². The lowest BCUT2D eigenvalue weighted by molar-refractivity contribution is -0.0979. The van der Waals surface area contributed by atoms with Crippen LogP contribution in [0.1, 0.15) is 36.5 Å². The molecule has 1 N–H and O–H groups in total. The van der Waals surface area contributed by atoms with Crippen LogP contribution in [0.15, 0.2) is 72.8 Å². The van der Waals surface area contributed by atoms with Crippen molar-refractivity contribution in [2.45, 2.75) is 33.3 Å². The number of ether oxygens (including phenoxy) is 1. The third-order valence-corrected chi connectivity index (χ3v) is 4.34. The number of aliphatic hydroxyl groups excluding tert-OH is 1. The fourth-order valence-corrected chi connectivity index (χ4v) is 2.72. The highest BCUT2D eigenvalue weighted by Crippen LogP contribution is 2.26. The van der Waals surface area contributed by atoms with E-state index in [-0.39, 0.29) is 6.61 Å². The van der Waals surface area contributed by atoms with E-state index < -0.39 is 0 Å². The van der Waals surface area contributed by atoms with E-state index >= 15 is 0 Å². The molecule has 0 aromatic heterocycles. The summed E-state index contributed by atoms with van der Waals surface area (Å²) in [6.07, 6.45) is 0. The largest absolute Gasteiger partial charge is 0.497 e. The van der Waals surface area contributed by atoms with Gasteiger partial charge in [0.2, 0.25) is 0 Å². The van der Waals surface area contributed by atoms with Gasteiger partial charge in [-0.1, -0.05) is 74.5 Å². The van der Waals surface area contributed by atoms with Gasteiger partial charge >= 0.3 is 0 Å². The highest BCUT2D eigenvalue weighted by Gasteiger charge is 2.04. The quantitative estimate of drug-likeness (QED) is 0.625. The summed E-state index contributed by atoms with van der Waals surface area (Å²) in [5, 5.41) is 8.66. The second kappa shape index (κ2) is 12.5. The number of methoxy groups -OCH3 is 1. The molecular formula is C25H30O3. The van der Waals surface area contributed by atoms with E-state index in [0.29, 0.717) is 5.92 Å². The van der Waals surface area contributed by atoms with Gasteiger partial charge in [-0.25, -0.2) is 0 Å². The molecule has 0 radical (unpaired) electrons. The van der Waals surface area contributed by atoms with E-state index in [1.54, 1.807) is 7.11 Å². The van der Waals surface area contributed by atoms with Gasteiger partial charge in [0.15, 0.2) is 0 Å². The number of aryl methyl sites for hydroxylation is 1. The molecule has 0 amide bonds. The van der Waals surface area contributed by atoms with E-state index in [0.717, 1.165) is 11.3 Å². The zero-order valence-electron chi connectivity index (χ0n) is 17.2. The van der Waals surface area contributed by atoms with Crippen molar-refractivity contribution in [3.8, 4) is 16.9 Å². The zero-order chi connectivity index (χ0) is 20.9. The van der Waals surface area contributed by atoms with Gasteiger partial charge in [0.25, 0.3) is 0 Å². The van der Waals surface area contributed by atoms with Crippen molar-refractivity contribution in [1.82, 2.24) is 0 Å². The van der Waals surface area contributed by atoms with Crippen LogP contribution in [0.25, 0.3) is 11.1 Å². The van der Waals surface area contributed by atoms with Gasteiger partial charge in [0, 0.05) is 0 Å². The normalized spacial score (nSPS) is 9.64. The molecule has 148 valence electrons. The van der Waals surface area contributed by atoms with E-state index in [9.17, 15) is 0 Å². The summed E-state index contributed by atoms with van der Waals surface area (Å²) in [6, 6.07) is 24.6. The fraction of sp³-hybridized carbons (Fsp3) is 0.240. The highest BCUT2D eigenvalue weighted by molar-refractivity contribution is 5.67. The number of hydrogen-bond acceptors (Lipinski definition) is 3. The zero-order valence-corrected chi connectivity index (χ0v) is 17.2. The Balaban J connectivity index is 0.000000281. The summed E-state index contributed by atoms with van der Waals surface area (Å²) in [7, 11) is 1.62. The van der Waals surface area contributed by atoms with Gasteiger partial charge in [0.05, 0.1) is 13.7 Å². The minimum absolute atomic E-state index is 0.0873. The molecule has 0 aliphatic heterocycles. The summed E-state index contributed by atoms with van der Waals surface area (Å²) < 4.78 is 4.93. The third kappa shape index (κ3) is 7.01.